The molecule has 0 amide bonds. The fourth-order valence-corrected chi connectivity index (χ4v) is 6.05. The molecule has 1 N–H and O–H groups in total. The highest BCUT2D eigenvalue weighted by molar-refractivity contribution is 7.16. The molecule has 0 spiro atoms. The molecule has 1 saturated heterocycles. The Labute approximate surface area is 234 Å². The summed E-state index contributed by atoms with van der Waals surface area (Å²) < 4.78 is 15.5. The van der Waals surface area contributed by atoms with Crippen LogP contribution in [0, 0.1) is 17.2 Å². The summed E-state index contributed by atoms with van der Waals surface area (Å²) in [6.07, 6.45) is 8.73. The van der Waals surface area contributed by atoms with Crippen LogP contribution in [0.15, 0.2) is 48.6 Å². The summed E-state index contributed by atoms with van der Waals surface area (Å²) in [4.78, 5) is 23.5. The molecule has 1 fully saturated rings. The average molecular weight is 558 g/mol. The summed E-state index contributed by atoms with van der Waals surface area (Å²) in [5.74, 6) is 1.30. The fraction of sp³-hybridized carbons (Fsp3) is 0.357. The van der Waals surface area contributed by atoms with Gasteiger partial charge in [-0.05, 0) is 44.6 Å². The Balaban J connectivity index is 1.36. The smallest absolute Gasteiger partial charge is 0.225 e. The van der Waals surface area contributed by atoms with Crippen LogP contribution in [0.3, 0.4) is 0 Å². The van der Waals surface area contributed by atoms with Crippen LogP contribution in [0.1, 0.15) is 36.8 Å². The molecular weight excluding hydrogens is 529 g/mol. The molecule has 1 unspecified atom stereocenters. The van der Waals surface area contributed by atoms with Crippen LogP contribution >= 0.6 is 11.3 Å². The zero-order valence-electron chi connectivity index (χ0n) is 22.2. The molecule has 40 heavy (non-hydrogen) atoms. The van der Waals surface area contributed by atoms with Crippen molar-refractivity contribution < 1.29 is 9.50 Å². The van der Waals surface area contributed by atoms with E-state index in [2.05, 4.69) is 16.0 Å². The van der Waals surface area contributed by atoms with Crippen molar-refractivity contribution >= 4 is 39.3 Å². The van der Waals surface area contributed by atoms with Gasteiger partial charge >= 0.3 is 0 Å². The summed E-state index contributed by atoms with van der Waals surface area (Å²) >= 11 is 1.32. The van der Waals surface area contributed by atoms with Crippen LogP contribution in [-0.2, 0) is 6.54 Å². The van der Waals surface area contributed by atoms with E-state index in [4.69, 9.17) is 15.1 Å². The van der Waals surface area contributed by atoms with Gasteiger partial charge < -0.3 is 14.9 Å². The van der Waals surface area contributed by atoms with E-state index in [-0.39, 0.29) is 24.3 Å². The van der Waals surface area contributed by atoms with E-state index in [1.165, 1.54) is 23.5 Å². The lowest BCUT2D eigenvalue weighted by Gasteiger charge is -2.38. The Morgan fingerprint density at radius 1 is 1.20 bits per heavy atom. The molecule has 0 bridgehead atoms. The number of nitriles is 1. The average Bonchev–Trinajstić information content (AvgIpc) is 3.55. The lowest BCUT2D eigenvalue weighted by molar-refractivity contribution is 0.199. The van der Waals surface area contributed by atoms with Gasteiger partial charge in [0.2, 0.25) is 5.95 Å². The highest BCUT2D eigenvalue weighted by atomic mass is 32.1. The van der Waals surface area contributed by atoms with Crippen molar-refractivity contribution in [3.63, 3.8) is 0 Å². The zero-order valence-corrected chi connectivity index (χ0v) is 23.0. The number of rotatable bonds is 8. The van der Waals surface area contributed by atoms with Crippen LogP contribution in [0.5, 0.6) is 0 Å². The van der Waals surface area contributed by atoms with Crippen molar-refractivity contribution in [2.75, 3.05) is 36.0 Å². The van der Waals surface area contributed by atoms with Gasteiger partial charge in [0.1, 0.15) is 27.8 Å². The van der Waals surface area contributed by atoms with Crippen LogP contribution in [0.4, 0.5) is 21.3 Å². The third-order valence-electron chi connectivity index (χ3n) is 7.24. The number of pyridine rings is 1. The minimum Gasteiger partial charge on any atom is -0.396 e. The van der Waals surface area contributed by atoms with E-state index in [1.807, 2.05) is 40.5 Å². The van der Waals surface area contributed by atoms with Gasteiger partial charge in [-0.25, -0.2) is 29.0 Å². The summed E-state index contributed by atoms with van der Waals surface area (Å²) in [7, 11) is 0. The predicted molar refractivity (Wildman–Crippen MR) is 152 cm³/mol. The molecule has 2 aliphatic rings. The number of aliphatic hydroxyl groups is 1. The molecule has 0 aromatic carbocycles. The SMILES string of the molecule is CCN(c1nc(C2C=CC(F)=CC2)c(C#N)s1)c1c2nc(-c3cnc(N4CC(CO)C4)nc3)ccc2nn1CC. The maximum absolute atomic E-state index is 13.6. The van der Waals surface area contributed by atoms with Gasteiger partial charge in [-0.1, -0.05) is 17.4 Å². The predicted octanol–water partition coefficient (Wildman–Crippen LogP) is 4.72. The summed E-state index contributed by atoms with van der Waals surface area (Å²) in [5.41, 5.74) is 3.64. The van der Waals surface area contributed by atoms with Gasteiger partial charge in [-0.2, -0.15) is 10.4 Å². The van der Waals surface area contributed by atoms with Gasteiger partial charge in [-0.15, -0.1) is 0 Å². The van der Waals surface area contributed by atoms with Crippen molar-refractivity contribution in [2.45, 2.75) is 32.7 Å². The number of allylic oxidation sites excluding steroid dienone is 4. The quantitative estimate of drug-likeness (QED) is 0.328. The Bertz CT molecular complexity index is 1650. The van der Waals surface area contributed by atoms with Crippen LogP contribution in [-0.4, -0.2) is 61.1 Å². The second-order valence-corrected chi connectivity index (χ2v) is 10.8. The fourth-order valence-electron chi connectivity index (χ4n) is 5.05. The van der Waals surface area contributed by atoms with E-state index < -0.39 is 0 Å². The molecular formula is C28H28FN9OS. The molecule has 12 heteroatoms. The molecule has 10 nitrogen and oxygen atoms in total. The Morgan fingerprint density at radius 2 is 2.00 bits per heavy atom. The number of halogens is 1. The summed E-state index contributed by atoms with van der Waals surface area (Å²) in [5, 5.41) is 24.6. The molecule has 4 aromatic rings. The minimum absolute atomic E-state index is 0.149. The number of nitrogens with zero attached hydrogens (tertiary/aromatic N) is 9. The normalized spacial score (nSPS) is 17.1. The number of hydrogen-bond acceptors (Lipinski definition) is 10. The second-order valence-electron chi connectivity index (χ2n) is 9.79. The standard InChI is InChI=1S/C28H28FN9OS/c1-3-37(28-34-24(23(11-30)40-28)18-5-7-20(29)8-6-18)26-25-22(35-38(26)4-2)10-9-21(33-25)19-12-31-27(32-13-19)36-14-17(15-36)16-39/h5,7-10,12-13,17-18,39H,3-4,6,14-16H2,1-2H3. The molecule has 0 radical (unpaired) electrons. The highest BCUT2D eigenvalue weighted by Crippen LogP contribution is 2.39. The van der Waals surface area contributed by atoms with Crippen LogP contribution in [0.2, 0.25) is 0 Å². The Hall–Kier alpha value is -4.21. The van der Waals surface area contributed by atoms with Crippen molar-refractivity contribution in [1.82, 2.24) is 29.7 Å². The first-order valence-corrected chi connectivity index (χ1v) is 14.1. The van der Waals surface area contributed by atoms with E-state index in [0.717, 1.165) is 41.2 Å². The molecule has 1 aliphatic heterocycles. The maximum Gasteiger partial charge on any atom is 0.225 e. The molecule has 1 atom stereocenters. The van der Waals surface area contributed by atoms with E-state index in [0.29, 0.717) is 41.2 Å². The maximum atomic E-state index is 13.6. The zero-order chi connectivity index (χ0) is 27.8. The van der Waals surface area contributed by atoms with Crippen molar-refractivity contribution in [3.05, 3.63) is 59.2 Å². The van der Waals surface area contributed by atoms with Gasteiger partial charge in [0, 0.05) is 62.6 Å². The van der Waals surface area contributed by atoms with Crippen LogP contribution < -0.4 is 9.80 Å². The summed E-state index contributed by atoms with van der Waals surface area (Å²) in [6.45, 7) is 6.94. The number of anilines is 3. The number of aromatic nitrogens is 6. The lowest BCUT2D eigenvalue weighted by atomic mass is 9.96. The van der Waals surface area contributed by atoms with Gasteiger partial charge in [-0.3, -0.25) is 0 Å². The molecule has 5 heterocycles. The number of aliphatic hydroxyl groups excluding tert-OH is 1. The van der Waals surface area contributed by atoms with Gasteiger partial charge in [0.15, 0.2) is 10.9 Å². The minimum atomic E-state index is -0.267. The number of fused-ring (bicyclic) bond motifs is 1. The van der Waals surface area contributed by atoms with Gasteiger partial charge in [0.25, 0.3) is 0 Å². The topological polar surface area (TPSA) is 120 Å². The van der Waals surface area contributed by atoms with E-state index in [9.17, 15) is 14.8 Å². The van der Waals surface area contributed by atoms with Gasteiger partial charge in [0.05, 0.1) is 11.4 Å². The highest BCUT2D eigenvalue weighted by Gasteiger charge is 2.28. The second kappa shape index (κ2) is 10.7. The Kier molecular flexibility index (Phi) is 7.00. The molecule has 6 rings (SSSR count). The molecule has 0 saturated carbocycles. The first-order chi connectivity index (χ1) is 19.5. The molecule has 204 valence electrons. The summed E-state index contributed by atoms with van der Waals surface area (Å²) in [6, 6.07) is 6.14. The van der Waals surface area contributed by atoms with Crippen molar-refractivity contribution in [1.29, 1.82) is 5.26 Å². The van der Waals surface area contributed by atoms with E-state index >= 15 is 0 Å². The number of thiazole rings is 1. The first-order valence-electron chi connectivity index (χ1n) is 13.3. The Morgan fingerprint density at radius 3 is 2.65 bits per heavy atom. The van der Waals surface area contributed by atoms with E-state index in [1.54, 1.807) is 18.5 Å². The van der Waals surface area contributed by atoms with Crippen LogP contribution in [0.25, 0.3) is 22.3 Å². The lowest BCUT2D eigenvalue weighted by Crippen LogP contribution is -2.49. The largest absolute Gasteiger partial charge is 0.396 e. The number of aryl methyl sites for hydroxylation is 1. The van der Waals surface area contributed by atoms with Crippen molar-refractivity contribution in [2.24, 2.45) is 5.92 Å². The third-order valence-corrected chi connectivity index (χ3v) is 8.24. The third kappa shape index (κ3) is 4.61. The molecule has 1 aliphatic carbocycles. The first kappa shape index (κ1) is 26.0. The van der Waals surface area contributed by atoms with Crippen molar-refractivity contribution in [3.8, 4) is 17.3 Å². The monoisotopic (exact) mass is 557 g/mol. The molecule has 4 aromatic heterocycles. The number of hydrogen-bond donors (Lipinski definition) is 1.